The van der Waals surface area contributed by atoms with Gasteiger partial charge in [-0.2, -0.15) is 0 Å². The van der Waals surface area contributed by atoms with Crippen LogP contribution in [0, 0.1) is 22.7 Å². The van der Waals surface area contributed by atoms with Crippen molar-refractivity contribution in [3.05, 3.63) is 0 Å². The Morgan fingerprint density at radius 3 is 2.42 bits per heavy atom. The third kappa shape index (κ3) is 0.783. The van der Waals surface area contributed by atoms with Gasteiger partial charge in [-0.15, -0.1) is 0 Å². The Balaban J connectivity index is 2.32. The zero-order valence-electron chi connectivity index (χ0n) is 8.43. The van der Waals surface area contributed by atoms with Gasteiger partial charge in [0.05, 0.1) is 0 Å². The van der Waals surface area contributed by atoms with Gasteiger partial charge in [0.1, 0.15) is 0 Å². The molecule has 0 aromatic heterocycles. The summed E-state index contributed by atoms with van der Waals surface area (Å²) in [4.78, 5) is 0. The van der Waals surface area contributed by atoms with E-state index in [0.717, 1.165) is 5.92 Å². The minimum atomic E-state index is 0.300. The minimum absolute atomic E-state index is 0.300. The van der Waals surface area contributed by atoms with Crippen LogP contribution in [0.25, 0.3) is 0 Å². The molecule has 0 aromatic carbocycles. The molecule has 2 saturated carbocycles. The van der Waals surface area contributed by atoms with Crippen LogP contribution in [0.5, 0.6) is 0 Å². The van der Waals surface area contributed by atoms with Crippen molar-refractivity contribution in [3.63, 3.8) is 0 Å². The summed E-state index contributed by atoms with van der Waals surface area (Å²) in [5.41, 5.74) is 0.773. The Hall–Kier alpha value is -0.0400. The number of aliphatic hydroxyl groups excluding tert-OH is 1. The normalized spacial score (nSPS) is 50.0. The monoisotopic (exact) mass is 168 g/mol. The molecule has 2 fully saturated rings. The Kier molecular flexibility index (Phi) is 1.61. The van der Waals surface area contributed by atoms with Crippen LogP contribution in [0.1, 0.15) is 40.0 Å². The van der Waals surface area contributed by atoms with Gasteiger partial charge in [0.15, 0.2) is 0 Å². The molecule has 0 radical (unpaired) electrons. The second-order valence-corrected chi connectivity index (χ2v) is 5.50. The van der Waals surface area contributed by atoms with Gasteiger partial charge in [-0.05, 0) is 41.9 Å². The summed E-state index contributed by atoms with van der Waals surface area (Å²) in [5, 5.41) is 9.45. The fraction of sp³-hybridized carbons (Fsp3) is 1.00. The standard InChI is InChI=1S/C11H20O/c1-8-10(2,3)9-4-5-11(8,6-9)7-12/h8-9,12H,4-7H2,1-3H3. The molecule has 0 heterocycles. The fourth-order valence-electron chi connectivity index (χ4n) is 3.61. The van der Waals surface area contributed by atoms with E-state index < -0.39 is 0 Å². The average molecular weight is 168 g/mol. The zero-order chi connectivity index (χ0) is 8.98. The highest BCUT2D eigenvalue weighted by atomic mass is 16.3. The molecule has 70 valence electrons. The highest BCUT2D eigenvalue weighted by Crippen LogP contribution is 2.65. The van der Waals surface area contributed by atoms with E-state index in [1.165, 1.54) is 19.3 Å². The molecule has 2 aliphatic carbocycles. The van der Waals surface area contributed by atoms with Crippen molar-refractivity contribution in [2.75, 3.05) is 6.61 Å². The van der Waals surface area contributed by atoms with Gasteiger partial charge < -0.3 is 5.11 Å². The van der Waals surface area contributed by atoms with Gasteiger partial charge in [0, 0.05) is 6.61 Å². The van der Waals surface area contributed by atoms with E-state index in [1.54, 1.807) is 0 Å². The van der Waals surface area contributed by atoms with Crippen LogP contribution in [0.3, 0.4) is 0 Å². The third-order valence-electron chi connectivity index (χ3n) is 5.05. The van der Waals surface area contributed by atoms with Crippen LogP contribution < -0.4 is 0 Å². The SMILES string of the molecule is CC1C2(CO)CCC(C2)C1(C)C. The van der Waals surface area contributed by atoms with E-state index in [9.17, 15) is 5.11 Å². The quantitative estimate of drug-likeness (QED) is 0.637. The summed E-state index contributed by atoms with van der Waals surface area (Å²) < 4.78 is 0. The lowest BCUT2D eigenvalue weighted by Gasteiger charge is -2.41. The van der Waals surface area contributed by atoms with E-state index >= 15 is 0 Å². The molecule has 1 heteroatoms. The summed E-state index contributed by atoms with van der Waals surface area (Å²) in [5.74, 6) is 1.58. The second kappa shape index (κ2) is 2.25. The predicted molar refractivity (Wildman–Crippen MR) is 49.8 cm³/mol. The maximum atomic E-state index is 9.45. The number of fused-ring (bicyclic) bond motifs is 2. The molecule has 0 amide bonds. The maximum Gasteiger partial charge on any atom is 0.0490 e. The second-order valence-electron chi connectivity index (χ2n) is 5.50. The molecule has 0 saturated heterocycles. The maximum absolute atomic E-state index is 9.45. The molecule has 0 aliphatic heterocycles. The molecule has 0 aromatic rings. The predicted octanol–water partition coefficient (Wildman–Crippen LogP) is 2.44. The molecule has 1 nitrogen and oxygen atoms in total. The van der Waals surface area contributed by atoms with Crippen molar-refractivity contribution in [1.82, 2.24) is 0 Å². The van der Waals surface area contributed by atoms with Gasteiger partial charge in [-0.3, -0.25) is 0 Å². The first-order valence-electron chi connectivity index (χ1n) is 5.14. The summed E-state index contributed by atoms with van der Waals surface area (Å²) in [6.07, 6.45) is 3.88. The lowest BCUT2D eigenvalue weighted by atomic mass is 9.64. The van der Waals surface area contributed by atoms with Gasteiger partial charge in [0.2, 0.25) is 0 Å². The highest BCUT2D eigenvalue weighted by Gasteiger charge is 2.59. The van der Waals surface area contributed by atoms with E-state index in [4.69, 9.17) is 0 Å². The molecule has 1 N–H and O–H groups in total. The molecular weight excluding hydrogens is 148 g/mol. The summed E-state index contributed by atoms with van der Waals surface area (Å²) >= 11 is 0. The first-order chi connectivity index (χ1) is 5.53. The van der Waals surface area contributed by atoms with Crippen molar-refractivity contribution < 1.29 is 5.11 Å². The first-order valence-corrected chi connectivity index (χ1v) is 5.14. The summed E-state index contributed by atoms with van der Waals surface area (Å²) in [6.45, 7) is 7.49. The lowest BCUT2D eigenvalue weighted by Crippen LogP contribution is -2.36. The van der Waals surface area contributed by atoms with E-state index in [-0.39, 0.29) is 0 Å². The molecule has 3 atom stereocenters. The first kappa shape index (κ1) is 8.55. The Bertz CT molecular complexity index is 197. The van der Waals surface area contributed by atoms with Crippen molar-refractivity contribution in [2.24, 2.45) is 22.7 Å². The van der Waals surface area contributed by atoms with Crippen molar-refractivity contribution in [1.29, 1.82) is 0 Å². The van der Waals surface area contributed by atoms with Gasteiger partial charge in [-0.1, -0.05) is 20.8 Å². The minimum Gasteiger partial charge on any atom is -0.396 e. The third-order valence-corrected chi connectivity index (χ3v) is 5.05. The van der Waals surface area contributed by atoms with E-state index in [2.05, 4.69) is 20.8 Å². The highest BCUT2D eigenvalue weighted by molar-refractivity contribution is 5.08. The van der Waals surface area contributed by atoms with Crippen LogP contribution in [0.2, 0.25) is 0 Å². The summed E-state index contributed by atoms with van der Waals surface area (Å²) in [6, 6.07) is 0. The Labute approximate surface area is 75.2 Å². The van der Waals surface area contributed by atoms with Crippen molar-refractivity contribution in [3.8, 4) is 0 Å². The molecule has 0 spiro atoms. The van der Waals surface area contributed by atoms with Gasteiger partial charge >= 0.3 is 0 Å². The zero-order valence-corrected chi connectivity index (χ0v) is 8.43. The fourth-order valence-corrected chi connectivity index (χ4v) is 3.61. The van der Waals surface area contributed by atoms with E-state index in [1.807, 2.05) is 0 Å². The van der Waals surface area contributed by atoms with Crippen molar-refractivity contribution >= 4 is 0 Å². The van der Waals surface area contributed by atoms with Crippen molar-refractivity contribution in [2.45, 2.75) is 40.0 Å². The molecular formula is C11H20O. The van der Waals surface area contributed by atoms with Crippen LogP contribution in [0.15, 0.2) is 0 Å². The number of hydrogen-bond acceptors (Lipinski definition) is 1. The molecule has 2 bridgehead atoms. The van der Waals surface area contributed by atoms with Crippen LogP contribution in [-0.2, 0) is 0 Å². The smallest absolute Gasteiger partial charge is 0.0490 e. The largest absolute Gasteiger partial charge is 0.396 e. The number of rotatable bonds is 1. The molecule has 12 heavy (non-hydrogen) atoms. The topological polar surface area (TPSA) is 20.2 Å². The summed E-state index contributed by atoms with van der Waals surface area (Å²) in [7, 11) is 0. The van der Waals surface area contributed by atoms with E-state index in [0.29, 0.717) is 23.4 Å². The lowest BCUT2D eigenvalue weighted by molar-refractivity contribution is 0.0312. The van der Waals surface area contributed by atoms with Crippen LogP contribution in [-0.4, -0.2) is 11.7 Å². The van der Waals surface area contributed by atoms with Crippen LogP contribution >= 0.6 is 0 Å². The molecule has 3 unspecified atom stereocenters. The van der Waals surface area contributed by atoms with Crippen LogP contribution in [0.4, 0.5) is 0 Å². The Morgan fingerprint density at radius 2 is 2.08 bits per heavy atom. The average Bonchev–Trinajstić information content (AvgIpc) is 2.53. The Morgan fingerprint density at radius 1 is 1.42 bits per heavy atom. The number of hydrogen-bond donors (Lipinski definition) is 1. The van der Waals surface area contributed by atoms with Gasteiger partial charge in [-0.25, -0.2) is 0 Å². The van der Waals surface area contributed by atoms with Gasteiger partial charge in [0.25, 0.3) is 0 Å². The molecule has 2 aliphatic rings. The number of aliphatic hydroxyl groups is 1. The molecule has 2 rings (SSSR count).